The molecule has 0 aliphatic carbocycles. The van der Waals surface area contributed by atoms with Crippen LogP contribution in [-0.2, 0) is 0 Å². The van der Waals surface area contributed by atoms with Crippen LogP contribution in [0, 0.1) is 5.82 Å². The van der Waals surface area contributed by atoms with Crippen molar-refractivity contribution >= 4 is 26.1 Å². The van der Waals surface area contributed by atoms with Crippen molar-refractivity contribution in [1.29, 1.82) is 0 Å². The van der Waals surface area contributed by atoms with Crippen molar-refractivity contribution in [3.63, 3.8) is 0 Å². The van der Waals surface area contributed by atoms with Crippen LogP contribution in [0.4, 0.5) is 4.39 Å². The molecule has 0 aliphatic rings. The molecule has 1 aromatic carbocycles. The molecule has 0 N–H and O–H groups in total. The van der Waals surface area contributed by atoms with E-state index >= 15 is 0 Å². The number of halogens is 1. The van der Waals surface area contributed by atoms with Crippen molar-refractivity contribution < 1.29 is 9.13 Å². The second-order valence-corrected chi connectivity index (χ2v) is 3.50. The summed E-state index contributed by atoms with van der Waals surface area (Å²) in [5, 5.41) is 0. The first-order valence-corrected chi connectivity index (χ1v) is 4.22. The minimum atomic E-state index is -0.298. The van der Waals surface area contributed by atoms with E-state index in [1.165, 1.54) is 35.7 Å². The summed E-state index contributed by atoms with van der Waals surface area (Å²) in [5.74, 6) is 0.0305. The van der Waals surface area contributed by atoms with Gasteiger partial charge in [-0.15, -0.1) is 0 Å². The van der Waals surface area contributed by atoms with Gasteiger partial charge in [0, 0.05) is 0 Å². The first-order chi connectivity index (χ1) is 4.74. The molecular weight excluding hydrogens is 238 g/mol. The van der Waals surface area contributed by atoms with Crippen LogP contribution in [0.5, 0.6) is 5.75 Å². The summed E-state index contributed by atoms with van der Waals surface area (Å²) in [4.78, 5) is 0. The zero-order chi connectivity index (χ0) is 7.56. The van der Waals surface area contributed by atoms with Gasteiger partial charge in [0.1, 0.15) is 0 Å². The third-order valence-electron chi connectivity index (χ3n) is 1.15. The molecule has 1 aromatic rings. The monoisotopic (exact) mass is 245 g/mol. The summed E-state index contributed by atoms with van der Waals surface area (Å²) >= 11 is 1.27. The average Bonchev–Trinajstić information content (AvgIpc) is 1.94. The molecule has 0 unspecified atom stereocenters. The molecule has 0 bridgehead atoms. The van der Waals surface area contributed by atoms with Crippen LogP contribution in [-0.4, -0.2) is 29.6 Å². The Kier molecular flexibility index (Phi) is 2.54. The Morgan fingerprint density at radius 2 is 2.20 bits per heavy atom. The van der Waals surface area contributed by atoms with Crippen molar-refractivity contribution in [3.05, 3.63) is 24.0 Å². The molecule has 3 heteroatoms. The number of hydrogen-bond acceptors (Lipinski definition) is 1. The Hall–Kier alpha value is -0.251. The maximum absolute atomic E-state index is 12.7. The van der Waals surface area contributed by atoms with Gasteiger partial charge >= 0.3 is 72.1 Å². The number of hydrogen-bond donors (Lipinski definition) is 0. The molecule has 0 fully saturated rings. The minimum absolute atomic E-state index is 0.298. The fourth-order valence-electron chi connectivity index (χ4n) is 0.660. The first kappa shape index (κ1) is 7.85. The second kappa shape index (κ2) is 3.23. The summed E-state index contributed by atoms with van der Waals surface area (Å²) in [6.45, 7) is 0. The Bertz CT molecular complexity index is 237. The third-order valence-corrected chi connectivity index (χ3v) is 2.04. The molecule has 0 saturated heterocycles. The van der Waals surface area contributed by atoms with Gasteiger partial charge in [0.15, 0.2) is 0 Å². The summed E-state index contributed by atoms with van der Waals surface area (Å²) in [6, 6.07) is 4.87. The van der Waals surface area contributed by atoms with Gasteiger partial charge in [0.25, 0.3) is 0 Å². The predicted molar refractivity (Wildman–Crippen MR) is 38.3 cm³/mol. The third kappa shape index (κ3) is 1.62. The fourth-order valence-corrected chi connectivity index (χ4v) is 1.27. The van der Waals surface area contributed by atoms with Gasteiger partial charge < -0.3 is 0 Å². The van der Waals surface area contributed by atoms with E-state index in [1.54, 1.807) is 12.1 Å². The number of ether oxygens (including phenoxy) is 1. The molecule has 10 heavy (non-hydrogen) atoms. The summed E-state index contributed by atoms with van der Waals surface area (Å²) in [6.07, 6.45) is 0. The van der Waals surface area contributed by atoms with E-state index in [-0.39, 0.29) is 5.82 Å². The molecule has 0 saturated carbocycles. The molecule has 0 atom stereocenters. The zero-order valence-electron chi connectivity index (χ0n) is 5.52. The van der Waals surface area contributed by atoms with E-state index in [2.05, 4.69) is 0 Å². The Morgan fingerprint density at radius 1 is 1.50 bits per heavy atom. The summed E-state index contributed by atoms with van der Waals surface area (Å²) in [7, 11) is 1.47. The molecule has 0 amide bonds. The van der Waals surface area contributed by atoms with Crippen LogP contribution < -0.4 is 8.32 Å². The summed E-state index contributed by atoms with van der Waals surface area (Å²) in [5.41, 5.74) is 0. The van der Waals surface area contributed by atoms with Crippen LogP contribution in [0.3, 0.4) is 0 Å². The van der Waals surface area contributed by atoms with Gasteiger partial charge in [0.2, 0.25) is 0 Å². The van der Waals surface area contributed by atoms with Gasteiger partial charge in [-0.3, -0.25) is 0 Å². The van der Waals surface area contributed by atoms with Crippen LogP contribution in [0.15, 0.2) is 18.2 Å². The number of methoxy groups -OCH3 is 1. The van der Waals surface area contributed by atoms with Gasteiger partial charge in [0.05, 0.1) is 0 Å². The molecule has 0 heterocycles. The quantitative estimate of drug-likeness (QED) is 0.658. The summed E-state index contributed by atoms with van der Waals surface area (Å²) < 4.78 is 18.5. The Morgan fingerprint density at radius 3 is 2.70 bits per heavy atom. The van der Waals surface area contributed by atoms with Gasteiger partial charge in [-0.1, -0.05) is 0 Å². The van der Waals surface area contributed by atoms with E-state index in [0.29, 0.717) is 5.75 Å². The van der Waals surface area contributed by atoms with Gasteiger partial charge in [-0.2, -0.15) is 0 Å². The molecule has 0 aliphatic heterocycles. The van der Waals surface area contributed by atoms with Crippen LogP contribution in [0.2, 0.25) is 0 Å². The predicted octanol–water partition coefficient (Wildman–Crippen LogP) is 0.628. The molecule has 3 radical (unpaired) electrons. The van der Waals surface area contributed by atoms with E-state index < -0.39 is 0 Å². The maximum atomic E-state index is 12.7. The topological polar surface area (TPSA) is 9.23 Å². The zero-order valence-corrected chi connectivity index (χ0v) is 8.37. The van der Waals surface area contributed by atoms with Crippen molar-refractivity contribution in [2.45, 2.75) is 0 Å². The fraction of sp³-hybridized carbons (Fsp3) is 0.143. The molecule has 1 nitrogen and oxygen atoms in total. The van der Waals surface area contributed by atoms with Crippen LogP contribution in [0.1, 0.15) is 0 Å². The molecule has 1 rings (SSSR count). The normalized spacial score (nSPS) is 9.50. The van der Waals surface area contributed by atoms with Crippen molar-refractivity contribution in [1.82, 2.24) is 0 Å². The molecular formula is C7H6FOSn. The van der Waals surface area contributed by atoms with Crippen LogP contribution >= 0.6 is 0 Å². The van der Waals surface area contributed by atoms with E-state index in [1.807, 2.05) is 0 Å². The first-order valence-electron chi connectivity index (χ1n) is 2.79. The Labute approximate surface area is 72.3 Å². The molecule has 51 valence electrons. The van der Waals surface area contributed by atoms with E-state index in [0.717, 1.165) is 3.58 Å². The average molecular weight is 244 g/mol. The molecule has 0 spiro atoms. The SMILES string of the molecule is COc1c[c]([Sn])ccc1F. The second-order valence-electron chi connectivity index (χ2n) is 1.85. The number of rotatable bonds is 1. The van der Waals surface area contributed by atoms with Gasteiger partial charge in [-0.25, -0.2) is 0 Å². The van der Waals surface area contributed by atoms with Gasteiger partial charge in [-0.05, 0) is 0 Å². The van der Waals surface area contributed by atoms with Crippen molar-refractivity contribution in [3.8, 4) is 5.75 Å². The standard InChI is InChI=1S/C7H6FO.Sn/c1-9-7-5-3-2-4-6(7)8;/h2,4-5H,1H3;. The Balaban J connectivity index is 3.09. The van der Waals surface area contributed by atoms with E-state index in [9.17, 15) is 4.39 Å². The van der Waals surface area contributed by atoms with Crippen molar-refractivity contribution in [2.75, 3.05) is 7.11 Å². The van der Waals surface area contributed by atoms with Crippen LogP contribution in [0.25, 0.3) is 0 Å². The van der Waals surface area contributed by atoms with Crippen molar-refractivity contribution in [2.24, 2.45) is 0 Å². The van der Waals surface area contributed by atoms with E-state index in [4.69, 9.17) is 4.74 Å². The molecule has 0 aromatic heterocycles. The number of benzene rings is 1.